The molecule has 1 aromatic carbocycles. The van der Waals surface area contributed by atoms with E-state index in [1.54, 1.807) is 28.9 Å². The van der Waals surface area contributed by atoms with E-state index in [4.69, 9.17) is 5.73 Å². The molecule has 19 heavy (non-hydrogen) atoms. The molecular formula is C13H17N3O2S. The van der Waals surface area contributed by atoms with Crippen LogP contribution >= 0.6 is 0 Å². The first-order valence-corrected chi connectivity index (χ1v) is 7.74. The van der Waals surface area contributed by atoms with Crippen molar-refractivity contribution in [2.75, 3.05) is 11.5 Å². The first kappa shape index (κ1) is 13.6. The Morgan fingerprint density at radius 2 is 1.89 bits per heavy atom. The summed E-state index contributed by atoms with van der Waals surface area (Å²) in [5.41, 5.74) is 7.37. The quantitative estimate of drug-likeness (QED) is 0.927. The molecule has 0 fully saturated rings. The molecular weight excluding hydrogens is 262 g/mol. The number of rotatable bonds is 4. The Labute approximate surface area is 113 Å². The van der Waals surface area contributed by atoms with Crippen molar-refractivity contribution in [2.24, 2.45) is 0 Å². The number of hydrogen-bond acceptors (Lipinski definition) is 4. The van der Waals surface area contributed by atoms with Crippen molar-refractivity contribution in [3.05, 3.63) is 36.0 Å². The van der Waals surface area contributed by atoms with Crippen LogP contribution in [0.4, 0.5) is 5.82 Å². The highest BCUT2D eigenvalue weighted by molar-refractivity contribution is 7.91. The molecule has 0 aliphatic heterocycles. The number of sulfone groups is 1. The minimum atomic E-state index is -3.17. The molecule has 0 saturated carbocycles. The van der Waals surface area contributed by atoms with E-state index < -0.39 is 9.84 Å². The molecule has 5 nitrogen and oxygen atoms in total. The highest BCUT2D eigenvalue weighted by atomic mass is 32.2. The van der Waals surface area contributed by atoms with Gasteiger partial charge < -0.3 is 5.73 Å². The van der Waals surface area contributed by atoms with Gasteiger partial charge in [-0.05, 0) is 37.6 Å². The van der Waals surface area contributed by atoms with Crippen LogP contribution < -0.4 is 5.73 Å². The standard InChI is InChI=1S/C13H17N3O2S/c1-3-8-19(17,18)12-6-4-11(5-7-12)16-9-10(2)13(14)15-16/h4-7,9H,3,8H2,1-2H3,(H2,14,15). The largest absolute Gasteiger partial charge is 0.382 e. The molecule has 0 bridgehead atoms. The Balaban J connectivity index is 2.33. The normalized spacial score (nSPS) is 11.7. The second kappa shape index (κ2) is 5.05. The average molecular weight is 279 g/mol. The van der Waals surface area contributed by atoms with Gasteiger partial charge in [0.15, 0.2) is 9.84 Å². The second-order valence-electron chi connectivity index (χ2n) is 4.45. The van der Waals surface area contributed by atoms with E-state index in [1.165, 1.54) is 0 Å². The molecule has 0 radical (unpaired) electrons. The molecule has 0 spiro atoms. The van der Waals surface area contributed by atoms with Crippen molar-refractivity contribution in [3.8, 4) is 5.69 Å². The predicted molar refractivity (Wildman–Crippen MR) is 75.1 cm³/mol. The fourth-order valence-corrected chi connectivity index (χ4v) is 3.12. The molecule has 0 atom stereocenters. The smallest absolute Gasteiger partial charge is 0.178 e. The third kappa shape index (κ3) is 2.78. The van der Waals surface area contributed by atoms with E-state index in [9.17, 15) is 8.42 Å². The van der Waals surface area contributed by atoms with Crippen LogP contribution in [0.1, 0.15) is 18.9 Å². The third-order valence-electron chi connectivity index (χ3n) is 2.87. The van der Waals surface area contributed by atoms with Gasteiger partial charge in [-0.1, -0.05) is 6.92 Å². The number of aromatic nitrogens is 2. The van der Waals surface area contributed by atoms with Gasteiger partial charge in [0.2, 0.25) is 0 Å². The van der Waals surface area contributed by atoms with Crippen molar-refractivity contribution in [1.29, 1.82) is 0 Å². The minimum absolute atomic E-state index is 0.167. The van der Waals surface area contributed by atoms with Gasteiger partial charge in [0.25, 0.3) is 0 Å². The predicted octanol–water partition coefficient (Wildman–Crippen LogP) is 1.95. The number of benzene rings is 1. The lowest BCUT2D eigenvalue weighted by atomic mass is 10.3. The Kier molecular flexibility index (Phi) is 3.61. The van der Waals surface area contributed by atoms with Crippen LogP contribution in [0.3, 0.4) is 0 Å². The molecule has 6 heteroatoms. The lowest BCUT2D eigenvalue weighted by Gasteiger charge is -2.05. The van der Waals surface area contributed by atoms with Gasteiger partial charge in [-0.2, -0.15) is 5.10 Å². The molecule has 2 rings (SSSR count). The molecule has 0 saturated heterocycles. The lowest BCUT2D eigenvalue weighted by Crippen LogP contribution is -2.06. The summed E-state index contributed by atoms with van der Waals surface area (Å²) in [5.74, 6) is 0.642. The van der Waals surface area contributed by atoms with Crippen molar-refractivity contribution in [1.82, 2.24) is 9.78 Å². The van der Waals surface area contributed by atoms with Crippen LogP contribution in [0.2, 0.25) is 0 Å². The first-order chi connectivity index (χ1) is 8.94. The number of aryl methyl sites for hydroxylation is 1. The van der Waals surface area contributed by atoms with E-state index in [0.29, 0.717) is 17.1 Å². The molecule has 0 amide bonds. The number of hydrogen-bond donors (Lipinski definition) is 1. The molecule has 2 N–H and O–H groups in total. The SMILES string of the molecule is CCCS(=O)(=O)c1ccc(-n2cc(C)c(N)n2)cc1. The maximum Gasteiger partial charge on any atom is 0.178 e. The third-order valence-corrected chi connectivity index (χ3v) is 4.80. The summed E-state index contributed by atoms with van der Waals surface area (Å²) in [7, 11) is -3.17. The molecule has 0 aliphatic carbocycles. The number of nitrogens with two attached hydrogens (primary N) is 1. The summed E-state index contributed by atoms with van der Waals surface area (Å²) in [6.45, 7) is 3.72. The number of anilines is 1. The van der Waals surface area contributed by atoms with E-state index >= 15 is 0 Å². The van der Waals surface area contributed by atoms with Crippen LogP contribution in [-0.4, -0.2) is 24.0 Å². The van der Waals surface area contributed by atoms with E-state index in [-0.39, 0.29) is 5.75 Å². The van der Waals surface area contributed by atoms with E-state index in [2.05, 4.69) is 5.10 Å². The van der Waals surface area contributed by atoms with Gasteiger partial charge in [0, 0.05) is 11.8 Å². The first-order valence-electron chi connectivity index (χ1n) is 6.09. The zero-order valence-corrected chi connectivity index (χ0v) is 11.8. The number of nitrogens with zero attached hydrogens (tertiary/aromatic N) is 2. The Morgan fingerprint density at radius 1 is 1.26 bits per heavy atom. The van der Waals surface area contributed by atoms with E-state index in [0.717, 1.165) is 11.3 Å². The zero-order chi connectivity index (χ0) is 14.0. The fourth-order valence-electron chi connectivity index (χ4n) is 1.80. The highest BCUT2D eigenvalue weighted by Crippen LogP contribution is 2.17. The van der Waals surface area contributed by atoms with Gasteiger partial charge in [-0.15, -0.1) is 0 Å². The molecule has 1 heterocycles. The van der Waals surface area contributed by atoms with Crippen LogP contribution in [0.15, 0.2) is 35.4 Å². The maximum absolute atomic E-state index is 11.9. The topological polar surface area (TPSA) is 78.0 Å². The highest BCUT2D eigenvalue weighted by Gasteiger charge is 2.13. The second-order valence-corrected chi connectivity index (χ2v) is 6.56. The maximum atomic E-state index is 11.9. The van der Waals surface area contributed by atoms with Crippen LogP contribution in [0.5, 0.6) is 0 Å². The van der Waals surface area contributed by atoms with Crippen molar-refractivity contribution in [2.45, 2.75) is 25.2 Å². The summed E-state index contributed by atoms with van der Waals surface area (Å²) in [6, 6.07) is 6.67. The summed E-state index contributed by atoms with van der Waals surface area (Å²) in [4.78, 5) is 0.343. The van der Waals surface area contributed by atoms with Crippen molar-refractivity contribution >= 4 is 15.7 Å². The molecule has 0 aliphatic rings. The van der Waals surface area contributed by atoms with Gasteiger partial charge in [-0.3, -0.25) is 0 Å². The molecule has 102 valence electrons. The van der Waals surface area contributed by atoms with Gasteiger partial charge in [-0.25, -0.2) is 13.1 Å². The van der Waals surface area contributed by atoms with Crippen LogP contribution in [0.25, 0.3) is 5.69 Å². The van der Waals surface area contributed by atoms with Crippen molar-refractivity contribution in [3.63, 3.8) is 0 Å². The van der Waals surface area contributed by atoms with E-state index in [1.807, 2.05) is 20.0 Å². The average Bonchev–Trinajstić information content (AvgIpc) is 2.70. The Bertz CT molecular complexity index is 653. The summed E-state index contributed by atoms with van der Waals surface area (Å²) in [6.07, 6.45) is 2.42. The fraction of sp³-hybridized carbons (Fsp3) is 0.308. The van der Waals surface area contributed by atoms with Crippen LogP contribution in [-0.2, 0) is 9.84 Å². The number of nitrogen functional groups attached to an aromatic ring is 1. The van der Waals surface area contributed by atoms with Crippen molar-refractivity contribution < 1.29 is 8.42 Å². The monoisotopic (exact) mass is 279 g/mol. The lowest BCUT2D eigenvalue weighted by molar-refractivity contribution is 0.594. The zero-order valence-electron chi connectivity index (χ0n) is 11.0. The Morgan fingerprint density at radius 3 is 2.37 bits per heavy atom. The molecule has 2 aromatic rings. The summed E-state index contributed by atoms with van der Waals surface area (Å²) in [5, 5.41) is 4.15. The van der Waals surface area contributed by atoms with Gasteiger partial charge in [0.05, 0.1) is 16.3 Å². The summed E-state index contributed by atoms with van der Waals surface area (Å²) >= 11 is 0. The molecule has 1 aromatic heterocycles. The minimum Gasteiger partial charge on any atom is -0.382 e. The van der Waals surface area contributed by atoms with Gasteiger partial charge in [0.1, 0.15) is 5.82 Å². The van der Waals surface area contributed by atoms with Crippen LogP contribution in [0, 0.1) is 6.92 Å². The summed E-state index contributed by atoms with van der Waals surface area (Å²) < 4.78 is 25.4. The molecule has 0 unspecified atom stereocenters. The Hall–Kier alpha value is -1.82. The van der Waals surface area contributed by atoms with Gasteiger partial charge >= 0.3 is 0 Å².